The van der Waals surface area contributed by atoms with Gasteiger partial charge in [0.25, 0.3) is 0 Å². The molecule has 0 rings (SSSR count). The van der Waals surface area contributed by atoms with Crippen LogP contribution in [0.1, 0.15) is 27.7 Å². The lowest BCUT2D eigenvalue weighted by molar-refractivity contribution is -0.150. The Morgan fingerprint density at radius 2 is 1.71 bits per heavy atom. The van der Waals surface area contributed by atoms with E-state index in [-0.39, 0.29) is 0 Å². The van der Waals surface area contributed by atoms with E-state index >= 15 is 0 Å². The van der Waals surface area contributed by atoms with Crippen LogP contribution in [0.3, 0.4) is 0 Å². The fourth-order valence-corrected chi connectivity index (χ4v) is 1.34. The summed E-state index contributed by atoms with van der Waals surface area (Å²) in [6.07, 6.45) is 0. The van der Waals surface area contributed by atoms with E-state index in [1.807, 2.05) is 19.0 Å². The van der Waals surface area contributed by atoms with Gasteiger partial charge in [0.2, 0.25) is 0 Å². The maximum Gasteiger partial charge on any atom is 0.315 e. The Labute approximate surface area is 127 Å². The van der Waals surface area contributed by atoms with Crippen molar-refractivity contribution in [3.63, 3.8) is 0 Å². The highest BCUT2D eigenvalue weighted by molar-refractivity contribution is 5.79. The second-order valence-electron chi connectivity index (χ2n) is 6.35. The summed E-state index contributed by atoms with van der Waals surface area (Å²) in [4.78, 5) is 25.0. The highest BCUT2D eigenvalue weighted by Crippen LogP contribution is 2.30. The molecule has 0 aliphatic carbocycles. The zero-order valence-corrected chi connectivity index (χ0v) is 13.9. The fraction of sp³-hybridized carbons (Fsp3) is 0.857. The SMILES string of the molecule is CN(C)CCOCCNC(=O)NC(C)(C)C(C)(C)C(=O)O. The molecule has 0 aromatic carbocycles. The first kappa shape index (κ1) is 19.7. The average molecular weight is 303 g/mol. The van der Waals surface area contributed by atoms with Crippen molar-refractivity contribution in [3.8, 4) is 0 Å². The molecule has 0 unspecified atom stereocenters. The molecule has 21 heavy (non-hydrogen) atoms. The topological polar surface area (TPSA) is 90.9 Å². The molecular weight excluding hydrogens is 274 g/mol. The molecule has 0 aliphatic heterocycles. The zero-order chi connectivity index (χ0) is 16.7. The van der Waals surface area contributed by atoms with Crippen molar-refractivity contribution in [2.75, 3.05) is 40.4 Å². The lowest BCUT2D eigenvalue weighted by atomic mass is 9.74. The van der Waals surface area contributed by atoms with E-state index in [1.54, 1.807) is 27.7 Å². The maximum atomic E-state index is 11.8. The monoisotopic (exact) mass is 303 g/mol. The minimum absolute atomic E-state index is 0.378. The van der Waals surface area contributed by atoms with E-state index in [2.05, 4.69) is 10.6 Å². The number of carbonyl (C=O) groups excluding carboxylic acids is 1. The molecule has 0 heterocycles. The summed E-state index contributed by atoms with van der Waals surface area (Å²) in [5, 5.41) is 14.6. The molecule has 2 amide bonds. The predicted molar refractivity (Wildman–Crippen MR) is 81.4 cm³/mol. The highest BCUT2D eigenvalue weighted by atomic mass is 16.5. The van der Waals surface area contributed by atoms with Crippen molar-refractivity contribution in [3.05, 3.63) is 0 Å². The first-order valence-electron chi connectivity index (χ1n) is 7.02. The number of carboxylic acids is 1. The van der Waals surface area contributed by atoms with Crippen molar-refractivity contribution in [2.45, 2.75) is 33.2 Å². The third-order valence-corrected chi connectivity index (χ3v) is 3.74. The van der Waals surface area contributed by atoms with Crippen molar-refractivity contribution in [1.29, 1.82) is 0 Å². The standard InChI is InChI=1S/C14H29N3O4/c1-13(2,11(18)19)14(3,4)16-12(20)15-7-9-21-10-8-17(5)6/h7-10H2,1-6H3,(H,18,19)(H2,15,16,20). The van der Waals surface area contributed by atoms with Gasteiger partial charge in [-0.05, 0) is 41.8 Å². The number of likely N-dealkylation sites (N-methyl/N-ethyl adjacent to an activating group) is 1. The molecule has 3 N–H and O–H groups in total. The summed E-state index contributed by atoms with van der Waals surface area (Å²) >= 11 is 0. The third-order valence-electron chi connectivity index (χ3n) is 3.74. The summed E-state index contributed by atoms with van der Waals surface area (Å²) < 4.78 is 5.35. The van der Waals surface area contributed by atoms with E-state index in [0.29, 0.717) is 19.8 Å². The summed E-state index contributed by atoms with van der Waals surface area (Å²) in [5.74, 6) is -0.959. The average Bonchev–Trinajstić information content (AvgIpc) is 2.32. The van der Waals surface area contributed by atoms with Gasteiger partial charge in [0.15, 0.2) is 0 Å². The van der Waals surface area contributed by atoms with Crippen LogP contribution in [0.25, 0.3) is 0 Å². The molecule has 0 saturated carbocycles. The Bertz CT molecular complexity index is 354. The van der Waals surface area contributed by atoms with Crippen molar-refractivity contribution < 1.29 is 19.4 Å². The number of nitrogens with zero attached hydrogens (tertiary/aromatic N) is 1. The first-order chi connectivity index (χ1) is 9.50. The van der Waals surface area contributed by atoms with Crippen LogP contribution in [-0.4, -0.2) is 67.9 Å². The largest absolute Gasteiger partial charge is 0.481 e. The number of aliphatic carboxylic acids is 1. The first-order valence-corrected chi connectivity index (χ1v) is 7.02. The maximum absolute atomic E-state index is 11.8. The third kappa shape index (κ3) is 6.77. The number of nitrogens with one attached hydrogen (secondary N) is 2. The van der Waals surface area contributed by atoms with Gasteiger partial charge in [0.05, 0.1) is 24.2 Å². The van der Waals surface area contributed by atoms with Crippen molar-refractivity contribution in [1.82, 2.24) is 15.5 Å². The van der Waals surface area contributed by atoms with Gasteiger partial charge >= 0.3 is 12.0 Å². The van der Waals surface area contributed by atoms with Crippen LogP contribution in [0, 0.1) is 5.41 Å². The number of hydrogen-bond donors (Lipinski definition) is 3. The van der Waals surface area contributed by atoms with Gasteiger partial charge in [0, 0.05) is 13.1 Å². The van der Waals surface area contributed by atoms with Gasteiger partial charge in [0.1, 0.15) is 0 Å². The van der Waals surface area contributed by atoms with E-state index < -0.39 is 23.0 Å². The fourth-order valence-electron chi connectivity index (χ4n) is 1.34. The van der Waals surface area contributed by atoms with Crippen LogP contribution < -0.4 is 10.6 Å². The molecule has 0 fully saturated rings. The molecule has 0 radical (unpaired) electrons. The van der Waals surface area contributed by atoms with Crippen LogP contribution >= 0.6 is 0 Å². The van der Waals surface area contributed by atoms with Crippen LogP contribution in [-0.2, 0) is 9.53 Å². The zero-order valence-electron chi connectivity index (χ0n) is 13.9. The van der Waals surface area contributed by atoms with E-state index in [0.717, 1.165) is 6.54 Å². The van der Waals surface area contributed by atoms with E-state index in [1.165, 1.54) is 0 Å². The van der Waals surface area contributed by atoms with Crippen molar-refractivity contribution in [2.24, 2.45) is 5.41 Å². The predicted octanol–water partition coefficient (Wildman–Crippen LogP) is 0.753. The Morgan fingerprint density at radius 1 is 1.14 bits per heavy atom. The van der Waals surface area contributed by atoms with Crippen LogP contribution in [0.5, 0.6) is 0 Å². The molecule has 0 saturated heterocycles. The molecular formula is C14H29N3O4. The number of carboxylic acid groups (broad SMARTS) is 1. The van der Waals surface area contributed by atoms with Crippen molar-refractivity contribution >= 4 is 12.0 Å². The second kappa shape index (κ2) is 8.19. The lowest BCUT2D eigenvalue weighted by Gasteiger charge is -2.38. The number of rotatable bonds is 9. The summed E-state index contributed by atoms with van der Waals surface area (Å²) in [6.45, 7) is 8.77. The summed E-state index contributed by atoms with van der Waals surface area (Å²) in [5.41, 5.74) is -1.96. The lowest BCUT2D eigenvalue weighted by Crippen LogP contribution is -2.59. The summed E-state index contributed by atoms with van der Waals surface area (Å²) in [6, 6.07) is -0.398. The minimum Gasteiger partial charge on any atom is -0.481 e. The number of amides is 2. The molecule has 0 aromatic rings. The van der Waals surface area contributed by atoms with Gasteiger partial charge in [-0.3, -0.25) is 4.79 Å². The van der Waals surface area contributed by atoms with Gasteiger partial charge in [-0.15, -0.1) is 0 Å². The van der Waals surface area contributed by atoms with Gasteiger partial charge in [-0.1, -0.05) is 0 Å². The molecule has 124 valence electrons. The minimum atomic E-state index is -1.08. The molecule has 0 aliphatic rings. The van der Waals surface area contributed by atoms with Gasteiger partial charge < -0.3 is 25.4 Å². The molecule has 0 spiro atoms. The van der Waals surface area contributed by atoms with Crippen LogP contribution in [0.2, 0.25) is 0 Å². The highest BCUT2D eigenvalue weighted by Gasteiger charge is 2.44. The Morgan fingerprint density at radius 3 is 2.19 bits per heavy atom. The normalized spacial score (nSPS) is 12.3. The molecule has 7 heteroatoms. The number of hydrogen-bond acceptors (Lipinski definition) is 4. The number of carbonyl (C=O) groups is 2. The second-order valence-corrected chi connectivity index (χ2v) is 6.35. The molecule has 7 nitrogen and oxygen atoms in total. The van der Waals surface area contributed by atoms with Gasteiger partial charge in [-0.2, -0.15) is 0 Å². The molecule has 0 atom stereocenters. The van der Waals surface area contributed by atoms with Gasteiger partial charge in [-0.25, -0.2) is 4.79 Å². The smallest absolute Gasteiger partial charge is 0.315 e. The Balaban J connectivity index is 4.06. The van der Waals surface area contributed by atoms with E-state index in [4.69, 9.17) is 4.74 Å². The van der Waals surface area contributed by atoms with E-state index in [9.17, 15) is 14.7 Å². The van der Waals surface area contributed by atoms with Crippen LogP contribution in [0.15, 0.2) is 0 Å². The quantitative estimate of drug-likeness (QED) is 0.547. The Kier molecular flexibility index (Phi) is 7.67. The number of urea groups is 1. The number of ether oxygens (including phenoxy) is 1. The molecule has 0 aromatic heterocycles. The van der Waals surface area contributed by atoms with Crippen LogP contribution in [0.4, 0.5) is 4.79 Å². The summed E-state index contributed by atoms with van der Waals surface area (Å²) in [7, 11) is 3.92. The Hall–Kier alpha value is -1.34. The molecule has 0 bridgehead atoms.